The zero-order valence-corrected chi connectivity index (χ0v) is 19.3. The Labute approximate surface area is 189 Å². The second-order valence-electron chi connectivity index (χ2n) is 8.12. The smallest absolute Gasteiger partial charge is 0.261 e. The number of rotatable bonds is 7. The molecule has 8 nitrogen and oxygen atoms in total. The molecule has 2 N–H and O–H groups in total. The van der Waals surface area contributed by atoms with Gasteiger partial charge in [0.1, 0.15) is 5.75 Å². The average Bonchev–Trinajstić information content (AvgIpc) is 2.79. The van der Waals surface area contributed by atoms with Crippen LogP contribution in [0.5, 0.6) is 5.75 Å². The van der Waals surface area contributed by atoms with Gasteiger partial charge in [-0.2, -0.15) is 0 Å². The summed E-state index contributed by atoms with van der Waals surface area (Å²) < 4.78 is 33.3. The fraction of sp³-hybridized carbons (Fsp3) is 0.391. The minimum absolute atomic E-state index is 0.000776. The molecule has 1 fully saturated rings. The van der Waals surface area contributed by atoms with Crippen LogP contribution in [0.25, 0.3) is 0 Å². The first kappa shape index (κ1) is 23.6. The van der Waals surface area contributed by atoms with E-state index in [4.69, 9.17) is 4.74 Å². The van der Waals surface area contributed by atoms with Gasteiger partial charge in [-0.1, -0.05) is 19.9 Å². The molecular formula is C23H29N3O5S. The number of hydrogen-bond acceptors (Lipinski definition) is 5. The Morgan fingerprint density at radius 1 is 1.12 bits per heavy atom. The van der Waals surface area contributed by atoms with Crippen LogP contribution in [0.4, 0.5) is 5.69 Å². The number of carbonyl (C=O) groups excluding carboxylic acids is 2. The molecule has 0 aromatic heterocycles. The first-order valence-corrected chi connectivity index (χ1v) is 12.0. The van der Waals surface area contributed by atoms with Crippen LogP contribution in [0.2, 0.25) is 0 Å². The van der Waals surface area contributed by atoms with Crippen LogP contribution in [0, 0.1) is 5.92 Å². The van der Waals surface area contributed by atoms with E-state index in [9.17, 15) is 18.0 Å². The SMILES string of the molecule is COc1ccc(NS(=O)(=O)c2cccc(C(=O)N3CCCC(NC(=O)C(C)C)C3)c2)cc1. The first-order valence-electron chi connectivity index (χ1n) is 10.6. The third kappa shape index (κ3) is 5.79. The number of hydrogen-bond donors (Lipinski definition) is 2. The molecule has 0 spiro atoms. The molecule has 1 saturated heterocycles. The molecule has 2 aromatic carbocycles. The number of anilines is 1. The van der Waals surface area contributed by atoms with Crippen LogP contribution in [-0.2, 0) is 14.8 Å². The highest BCUT2D eigenvalue weighted by Crippen LogP contribution is 2.21. The van der Waals surface area contributed by atoms with E-state index in [1.165, 1.54) is 19.2 Å². The van der Waals surface area contributed by atoms with Crippen molar-refractivity contribution in [1.82, 2.24) is 10.2 Å². The third-order valence-electron chi connectivity index (χ3n) is 5.31. The number of likely N-dealkylation sites (tertiary alicyclic amines) is 1. The average molecular weight is 460 g/mol. The summed E-state index contributed by atoms with van der Waals surface area (Å²) in [5, 5.41) is 2.98. The predicted molar refractivity (Wildman–Crippen MR) is 122 cm³/mol. The number of benzene rings is 2. The van der Waals surface area contributed by atoms with Crippen molar-refractivity contribution in [3.05, 3.63) is 54.1 Å². The van der Waals surface area contributed by atoms with Gasteiger partial charge in [0, 0.05) is 36.3 Å². The molecule has 0 bridgehead atoms. The van der Waals surface area contributed by atoms with Gasteiger partial charge in [0.2, 0.25) is 5.91 Å². The van der Waals surface area contributed by atoms with Crippen molar-refractivity contribution >= 4 is 27.5 Å². The topological polar surface area (TPSA) is 105 Å². The van der Waals surface area contributed by atoms with Crippen molar-refractivity contribution in [2.45, 2.75) is 37.6 Å². The lowest BCUT2D eigenvalue weighted by atomic mass is 10.0. The Kier molecular flexibility index (Phi) is 7.40. The summed E-state index contributed by atoms with van der Waals surface area (Å²) in [6, 6.07) is 12.4. The third-order valence-corrected chi connectivity index (χ3v) is 6.69. The normalized spacial score (nSPS) is 16.5. The Bertz CT molecular complexity index is 1070. The maximum Gasteiger partial charge on any atom is 0.261 e. The number of sulfonamides is 1. The van der Waals surface area contributed by atoms with E-state index in [1.54, 1.807) is 41.3 Å². The van der Waals surface area contributed by atoms with Crippen molar-refractivity contribution < 1.29 is 22.7 Å². The number of carbonyl (C=O) groups is 2. The fourth-order valence-electron chi connectivity index (χ4n) is 3.50. The zero-order chi connectivity index (χ0) is 23.3. The summed E-state index contributed by atoms with van der Waals surface area (Å²) in [6.45, 7) is 4.62. The van der Waals surface area contributed by atoms with Crippen molar-refractivity contribution in [3.63, 3.8) is 0 Å². The lowest BCUT2D eigenvalue weighted by Gasteiger charge is -2.33. The number of nitrogens with one attached hydrogen (secondary N) is 2. The Balaban J connectivity index is 1.72. The lowest BCUT2D eigenvalue weighted by Crippen LogP contribution is -2.50. The quantitative estimate of drug-likeness (QED) is 0.663. The number of methoxy groups -OCH3 is 1. The largest absolute Gasteiger partial charge is 0.497 e. The van der Waals surface area contributed by atoms with Gasteiger partial charge in [-0.3, -0.25) is 14.3 Å². The van der Waals surface area contributed by atoms with E-state index in [1.807, 2.05) is 13.8 Å². The summed E-state index contributed by atoms with van der Waals surface area (Å²) in [4.78, 5) is 26.7. The predicted octanol–water partition coefficient (Wildman–Crippen LogP) is 2.87. The van der Waals surface area contributed by atoms with Crippen molar-refractivity contribution in [2.24, 2.45) is 5.92 Å². The van der Waals surface area contributed by atoms with Crippen LogP contribution >= 0.6 is 0 Å². The van der Waals surface area contributed by atoms with Gasteiger partial charge in [0.25, 0.3) is 15.9 Å². The Morgan fingerprint density at radius 3 is 2.50 bits per heavy atom. The van der Waals surface area contributed by atoms with Gasteiger partial charge in [0.05, 0.1) is 12.0 Å². The number of nitrogens with zero attached hydrogens (tertiary/aromatic N) is 1. The summed E-state index contributed by atoms with van der Waals surface area (Å²) in [5.74, 6) is 0.197. The van der Waals surface area contributed by atoms with Crippen molar-refractivity contribution in [3.8, 4) is 5.75 Å². The molecule has 0 radical (unpaired) electrons. The standard InChI is InChI=1S/C23H29N3O5S/c1-16(2)22(27)24-19-7-5-13-26(15-19)23(28)17-6-4-8-21(14-17)32(29,30)25-18-9-11-20(31-3)12-10-18/h4,6,8-12,14,16,19,25H,5,7,13,15H2,1-3H3,(H,24,27). The van der Waals surface area contributed by atoms with Crippen LogP contribution in [0.15, 0.2) is 53.4 Å². The number of piperidine rings is 1. The van der Waals surface area contributed by atoms with E-state index in [-0.39, 0.29) is 28.7 Å². The number of ether oxygens (including phenoxy) is 1. The van der Waals surface area contributed by atoms with Crippen LogP contribution in [0.1, 0.15) is 37.0 Å². The first-order chi connectivity index (χ1) is 15.2. The van der Waals surface area contributed by atoms with E-state index in [0.29, 0.717) is 30.1 Å². The van der Waals surface area contributed by atoms with Gasteiger partial charge in [0.15, 0.2) is 0 Å². The van der Waals surface area contributed by atoms with E-state index >= 15 is 0 Å². The molecule has 1 aliphatic rings. The molecule has 1 unspecified atom stereocenters. The maximum atomic E-state index is 13.1. The maximum absolute atomic E-state index is 13.1. The van der Waals surface area contributed by atoms with Crippen LogP contribution < -0.4 is 14.8 Å². The molecule has 3 rings (SSSR count). The second-order valence-corrected chi connectivity index (χ2v) is 9.80. The van der Waals surface area contributed by atoms with Crippen LogP contribution in [0.3, 0.4) is 0 Å². The summed E-state index contributed by atoms with van der Waals surface area (Å²) in [7, 11) is -2.34. The highest BCUT2D eigenvalue weighted by Gasteiger charge is 2.27. The minimum Gasteiger partial charge on any atom is -0.497 e. The molecule has 2 aromatic rings. The highest BCUT2D eigenvalue weighted by molar-refractivity contribution is 7.92. The van der Waals surface area contributed by atoms with Gasteiger partial charge < -0.3 is 15.0 Å². The molecule has 1 atom stereocenters. The van der Waals surface area contributed by atoms with Gasteiger partial charge in [-0.05, 0) is 55.3 Å². The Morgan fingerprint density at radius 2 is 1.84 bits per heavy atom. The van der Waals surface area contributed by atoms with Crippen molar-refractivity contribution in [2.75, 3.05) is 24.9 Å². The molecule has 0 saturated carbocycles. The molecular weight excluding hydrogens is 430 g/mol. The summed E-state index contributed by atoms with van der Waals surface area (Å²) >= 11 is 0. The molecule has 172 valence electrons. The van der Waals surface area contributed by atoms with Crippen molar-refractivity contribution in [1.29, 1.82) is 0 Å². The highest BCUT2D eigenvalue weighted by atomic mass is 32.2. The molecule has 1 heterocycles. The molecule has 1 aliphatic heterocycles. The second kappa shape index (κ2) is 10.0. The summed E-state index contributed by atoms with van der Waals surface area (Å²) in [5.41, 5.74) is 0.681. The fourth-order valence-corrected chi connectivity index (χ4v) is 4.60. The van der Waals surface area contributed by atoms with E-state index in [2.05, 4.69) is 10.0 Å². The summed E-state index contributed by atoms with van der Waals surface area (Å²) in [6.07, 6.45) is 1.58. The van der Waals surface area contributed by atoms with Gasteiger partial charge in [-0.15, -0.1) is 0 Å². The van der Waals surface area contributed by atoms with E-state index < -0.39 is 10.0 Å². The minimum atomic E-state index is -3.87. The molecule has 2 amide bonds. The monoisotopic (exact) mass is 459 g/mol. The van der Waals surface area contributed by atoms with E-state index in [0.717, 1.165) is 12.8 Å². The van der Waals surface area contributed by atoms with Crippen LogP contribution in [-0.4, -0.2) is 51.4 Å². The van der Waals surface area contributed by atoms with Gasteiger partial charge in [-0.25, -0.2) is 8.42 Å². The van der Waals surface area contributed by atoms with Gasteiger partial charge >= 0.3 is 0 Å². The zero-order valence-electron chi connectivity index (χ0n) is 18.5. The number of amides is 2. The molecule has 9 heteroatoms. The lowest BCUT2D eigenvalue weighted by molar-refractivity contribution is -0.125. The Hall–Kier alpha value is -3.07. The molecule has 32 heavy (non-hydrogen) atoms. The molecule has 0 aliphatic carbocycles.